The summed E-state index contributed by atoms with van der Waals surface area (Å²) in [6.45, 7) is 0.488. The Kier molecular flexibility index (Phi) is 3.88. The molecule has 1 aromatic carbocycles. The summed E-state index contributed by atoms with van der Waals surface area (Å²) in [6.07, 6.45) is 0.397. The number of carbonyl (C=O) groups excluding carboxylic acids is 2. The van der Waals surface area contributed by atoms with E-state index in [2.05, 4.69) is 4.72 Å². The smallest absolute Gasteiger partial charge is 0.248 e. The maximum Gasteiger partial charge on any atom is 0.248 e. The minimum atomic E-state index is -3.95. The van der Waals surface area contributed by atoms with Crippen LogP contribution >= 0.6 is 0 Å². The highest BCUT2D eigenvalue weighted by Crippen LogP contribution is 2.21. The van der Waals surface area contributed by atoms with E-state index in [1.165, 1.54) is 23.1 Å². The monoisotopic (exact) mass is 312 g/mol. The Morgan fingerprint density at radius 2 is 2.10 bits per heavy atom. The van der Waals surface area contributed by atoms with Crippen LogP contribution in [-0.4, -0.2) is 44.8 Å². The molecule has 0 aromatic heterocycles. The maximum atomic E-state index is 12.3. The van der Waals surface area contributed by atoms with E-state index in [4.69, 9.17) is 11.5 Å². The van der Waals surface area contributed by atoms with Crippen LogP contribution in [0.5, 0.6) is 0 Å². The third kappa shape index (κ3) is 2.98. The first-order valence-electron chi connectivity index (χ1n) is 6.19. The molecule has 9 heteroatoms. The van der Waals surface area contributed by atoms with E-state index in [0.29, 0.717) is 13.0 Å². The van der Waals surface area contributed by atoms with Crippen molar-refractivity contribution in [1.82, 2.24) is 9.62 Å². The lowest BCUT2D eigenvalue weighted by Crippen LogP contribution is -2.40. The summed E-state index contributed by atoms with van der Waals surface area (Å²) in [6, 6.07) is 2.87. The van der Waals surface area contributed by atoms with E-state index >= 15 is 0 Å². The minimum Gasteiger partial charge on any atom is -0.398 e. The van der Waals surface area contributed by atoms with Crippen LogP contribution in [0.15, 0.2) is 23.1 Å². The second-order valence-electron chi connectivity index (χ2n) is 4.84. The number of carbonyl (C=O) groups is 2. The van der Waals surface area contributed by atoms with Crippen LogP contribution in [0.1, 0.15) is 16.8 Å². The van der Waals surface area contributed by atoms with Gasteiger partial charge in [0, 0.05) is 19.2 Å². The van der Waals surface area contributed by atoms with Gasteiger partial charge in [-0.1, -0.05) is 0 Å². The van der Waals surface area contributed by atoms with Crippen LogP contribution in [0.25, 0.3) is 0 Å². The van der Waals surface area contributed by atoms with Crippen molar-refractivity contribution in [1.29, 1.82) is 0 Å². The van der Waals surface area contributed by atoms with E-state index in [-0.39, 0.29) is 22.1 Å². The predicted molar refractivity (Wildman–Crippen MR) is 75.7 cm³/mol. The maximum absolute atomic E-state index is 12.3. The van der Waals surface area contributed by atoms with E-state index in [1.54, 1.807) is 7.05 Å². The number of likely N-dealkylation sites (tertiary alicyclic amines) is 1. The van der Waals surface area contributed by atoms with Gasteiger partial charge >= 0.3 is 0 Å². The van der Waals surface area contributed by atoms with Gasteiger partial charge in [-0.05, 0) is 24.6 Å². The van der Waals surface area contributed by atoms with Crippen molar-refractivity contribution >= 4 is 27.5 Å². The summed E-state index contributed by atoms with van der Waals surface area (Å²) in [5.41, 5.74) is 10.8. The predicted octanol–water partition coefficient (Wildman–Crippen LogP) is -1.12. The number of amides is 2. The van der Waals surface area contributed by atoms with Gasteiger partial charge in [0.15, 0.2) is 0 Å². The molecule has 1 aliphatic rings. The summed E-state index contributed by atoms with van der Waals surface area (Å²) in [5.74, 6) is -0.989. The van der Waals surface area contributed by atoms with Crippen molar-refractivity contribution in [3.05, 3.63) is 23.8 Å². The Bertz CT molecular complexity index is 701. The van der Waals surface area contributed by atoms with Gasteiger partial charge < -0.3 is 16.4 Å². The molecule has 8 nitrogen and oxygen atoms in total. The van der Waals surface area contributed by atoms with Gasteiger partial charge in [-0.15, -0.1) is 0 Å². The second kappa shape index (κ2) is 5.34. The standard InChI is InChI=1S/C12H16N4O4S/c1-16-5-4-9(12(16)18)15-21(19,20)10-3-2-7(11(14)17)6-8(10)13/h2-3,6,9,15H,4-5,13H2,1H3,(H2,14,17). The quantitative estimate of drug-likeness (QED) is 0.605. The van der Waals surface area contributed by atoms with Crippen molar-refractivity contribution < 1.29 is 18.0 Å². The molecule has 2 amide bonds. The molecule has 0 bridgehead atoms. The number of likely N-dealkylation sites (N-methyl/N-ethyl adjacent to an activating group) is 1. The Morgan fingerprint density at radius 3 is 2.57 bits per heavy atom. The number of nitrogens with one attached hydrogen (secondary N) is 1. The number of nitrogens with two attached hydrogens (primary N) is 2. The molecular weight excluding hydrogens is 296 g/mol. The summed E-state index contributed by atoms with van der Waals surface area (Å²) in [7, 11) is -2.34. The summed E-state index contributed by atoms with van der Waals surface area (Å²) < 4.78 is 26.9. The number of nitrogen functional groups attached to an aromatic ring is 1. The molecule has 0 radical (unpaired) electrons. The van der Waals surface area contributed by atoms with Crippen LogP contribution in [0.2, 0.25) is 0 Å². The fraction of sp³-hybridized carbons (Fsp3) is 0.333. The van der Waals surface area contributed by atoms with E-state index in [9.17, 15) is 18.0 Å². The van der Waals surface area contributed by atoms with Gasteiger partial charge in [-0.3, -0.25) is 9.59 Å². The zero-order valence-corrected chi connectivity index (χ0v) is 12.2. The molecule has 21 heavy (non-hydrogen) atoms. The highest BCUT2D eigenvalue weighted by molar-refractivity contribution is 7.89. The van der Waals surface area contributed by atoms with E-state index in [1.807, 2.05) is 0 Å². The van der Waals surface area contributed by atoms with E-state index < -0.39 is 22.0 Å². The fourth-order valence-electron chi connectivity index (χ4n) is 2.13. The molecule has 0 spiro atoms. The molecule has 1 unspecified atom stereocenters. The number of rotatable bonds is 4. The van der Waals surface area contributed by atoms with Crippen LogP contribution in [0.4, 0.5) is 5.69 Å². The van der Waals surface area contributed by atoms with Gasteiger partial charge in [0.05, 0.1) is 5.69 Å². The summed E-state index contributed by atoms with van der Waals surface area (Å²) in [4.78, 5) is 24.0. The van der Waals surface area contributed by atoms with Crippen LogP contribution < -0.4 is 16.2 Å². The zero-order valence-electron chi connectivity index (χ0n) is 11.4. The van der Waals surface area contributed by atoms with Crippen molar-refractivity contribution in [2.24, 2.45) is 5.73 Å². The van der Waals surface area contributed by atoms with Gasteiger partial charge in [0.25, 0.3) is 0 Å². The lowest BCUT2D eigenvalue weighted by molar-refractivity contribution is -0.127. The third-order valence-corrected chi connectivity index (χ3v) is 4.85. The number of hydrogen-bond acceptors (Lipinski definition) is 5. The number of nitrogens with zero attached hydrogens (tertiary/aromatic N) is 1. The first-order valence-corrected chi connectivity index (χ1v) is 7.67. The first kappa shape index (κ1) is 15.3. The molecule has 5 N–H and O–H groups in total. The van der Waals surface area contributed by atoms with Crippen molar-refractivity contribution in [3.63, 3.8) is 0 Å². The number of primary amides is 1. The Hall–Kier alpha value is -2.13. The van der Waals surface area contributed by atoms with Crippen LogP contribution in [-0.2, 0) is 14.8 Å². The average molecular weight is 312 g/mol. The Labute approximate surface area is 122 Å². The number of sulfonamides is 1. The highest BCUT2D eigenvalue weighted by atomic mass is 32.2. The van der Waals surface area contributed by atoms with Gasteiger partial charge in [0.2, 0.25) is 21.8 Å². The fourth-order valence-corrected chi connectivity index (χ4v) is 3.47. The number of anilines is 1. The molecule has 114 valence electrons. The van der Waals surface area contributed by atoms with E-state index in [0.717, 1.165) is 0 Å². The van der Waals surface area contributed by atoms with Gasteiger partial charge in [-0.25, -0.2) is 8.42 Å². The molecule has 1 aromatic rings. The third-order valence-electron chi connectivity index (χ3n) is 3.31. The Morgan fingerprint density at radius 1 is 1.43 bits per heavy atom. The largest absolute Gasteiger partial charge is 0.398 e. The highest BCUT2D eigenvalue weighted by Gasteiger charge is 2.33. The molecule has 1 saturated heterocycles. The SMILES string of the molecule is CN1CCC(NS(=O)(=O)c2ccc(C(N)=O)cc2N)C1=O. The summed E-state index contributed by atoms with van der Waals surface area (Å²) >= 11 is 0. The number of benzene rings is 1. The lowest BCUT2D eigenvalue weighted by Gasteiger charge is -2.14. The van der Waals surface area contributed by atoms with Crippen LogP contribution in [0, 0.1) is 0 Å². The van der Waals surface area contributed by atoms with Gasteiger partial charge in [-0.2, -0.15) is 4.72 Å². The average Bonchev–Trinajstić information content (AvgIpc) is 2.69. The minimum absolute atomic E-state index is 0.0994. The van der Waals surface area contributed by atoms with Crippen molar-refractivity contribution in [2.75, 3.05) is 19.3 Å². The molecule has 1 aliphatic heterocycles. The molecule has 1 fully saturated rings. The molecular formula is C12H16N4O4S. The normalized spacial score (nSPS) is 19.0. The van der Waals surface area contributed by atoms with Crippen molar-refractivity contribution in [2.45, 2.75) is 17.4 Å². The number of hydrogen-bond donors (Lipinski definition) is 3. The molecule has 1 heterocycles. The molecule has 0 aliphatic carbocycles. The molecule has 2 rings (SSSR count). The zero-order chi connectivity index (χ0) is 15.8. The summed E-state index contributed by atoms with van der Waals surface area (Å²) in [5, 5.41) is 0. The van der Waals surface area contributed by atoms with Gasteiger partial charge in [0.1, 0.15) is 10.9 Å². The lowest BCUT2D eigenvalue weighted by atomic mass is 10.2. The molecule has 1 atom stereocenters. The topological polar surface area (TPSA) is 136 Å². The first-order chi connectivity index (χ1) is 9.72. The van der Waals surface area contributed by atoms with Crippen molar-refractivity contribution in [3.8, 4) is 0 Å². The van der Waals surface area contributed by atoms with Crippen LogP contribution in [0.3, 0.4) is 0 Å². The molecule has 0 saturated carbocycles. The second-order valence-corrected chi connectivity index (χ2v) is 6.52. The Balaban J connectivity index is 2.28.